The first-order valence-corrected chi connectivity index (χ1v) is 12.7. The van der Waals surface area contributed by atoms with E-state index in [1.807, 2.05) is 6.92 Å². The number of aryl methyl sites for hydroxylation is 1. The molecule has 0 saturated carbocycles. The monoisotopic (exact) mass is 475 g/mol. The molecule has 0 spiro atoms. The van der Waals surface area contributed by atoms with Crippen LogP contribution in [0.25, 0.3) is 0 Å². The van der Waals surface area contributed by atoms with E-state index in [1.165, 1.54) is 27.2 Å². The fourth-order valence-corrected chi connectivity index (χ4v) is 5.51. The highest BCUT2D eigenvalue weighted by molar-refractivity contribution is 7.89. The third-order valence-electron chi connectivity index (χ3n) is 5.81. The van der Waals surface area contributed by atoms with Crippen LogP contribution in [0.5, 0.6) is 0 Å². The summed E-state index contributed by atoms with van der Waals surface area (Å²) in [7, 11) is -3.72. The number of hydrogen-bond donors (Lipinski definition) is 1. The van der Waals surface area contributed by atoms with E-state index < -0.39 is 15.9 Å². The molecule has 3 heterocycles. The summed E-state index contributed by atoms with van der Waals surface area (Å²) >= 11 is 0. The van der Waals surface area contributed by atoms with Crippen LogP contribution in [0.15, 0.2) is 40.0 Å². The summed E-state index contributed by atoms with van der Waals surface area (Å²) in [5.41, 5.74) is 0.997. The van der Waals surface area contributed by atoms with Crippen molar-refractivity contribution in [2.24, 2.45) is 0 Å². The minimum atomic E-state index is -3.72. The minimum absolute atomic E-state index is 0.0943. The smallest absolute Gasteiger partial charge is 0.276 e. The molecule has 1 aromatic carbocycles. The Bertz CT molecular complexity index is 1170. The standard InChI is InChI=1S/C22H29N5O5S/c1-2-9-27-21(28)8-6-18(24-27)22(29)23-19-16-17(5-7-20(19)25-10-3-4-11-25)33(30,31)26-12-14-32-15-13-26/h5-8,16H,2-4,9-15H2,1H3,(H,23,29). The average Bonchev–Trinajstić information content (AvgIpc) is 3.36. The van der Waals surface area contributed by atoms with Crippen LogP contribution in [-0.4, -0.2) is 67.8 Å². The minimum Gasteiger partial charge on any atom is -0.379 e. The first-order chi connectivity index (χ1) is 15.9. The number of sulfonamides is 1. The zero-order valence-corrected chi connectivity index (χ0v) is 19.5. The summed E-state index contributed by atoms with van der Waals surface area (Å²) in [5, 5.41) is 7.01. The Morgan fingerprint density at radius 3 is 2.52 bits per heavy atom. The number of morpholine rings is 1. The summed E-state index contributed by atoms with van der Waals surface area (Å²) in [6.45, 7) is 5.29. The second-order valence-electron chi connectivity index (χ2n) is 8.12. The van der Waals surface area contributed by atoms with Gasteiger partial charge in [0.25, 0.3) is 11.5 Å². The van der Waals surface area contributed by atoms with Gasteiger partial charge in [0.15, 0.2) is 0 Å². The van der Waals surface area contributed by atoms with Crippen LogP contribution in [0.1, 0.15) is 36.7 Å². The fraction of sp³-hybridized carbons (Fsp3) is 0.500. The first kappa shape index (κ1) is 23.4. The molecule has 2 aliphatic heterocycles. The molecule has 10 nitrogen and oxygen atoms in total. The van der Waals surface area contributed by atoms with Gasteiger partial charge in [0.1, 0.15) is 5.69 Å². The Hall–Kier alpha value is -2.76. The summed E-state index contributed by atoms with van der Waals surface area (Å²) in [6.07, 6.45) is 2.77. The van der Waals surface area contributed by atoms with Gasteiger partial charge in [0.2, 0.25) is 10.0 Å². The Morgan fingerprint density at radius 1 is 1.09 bits per heavy atom. The molecular formula is C22H29N5O5S. The SMILES string of the molecule is CCCn1nc(C(=O)Nc2cc(S(=O)(=O)N3CCOCC3)ccc2N2CCCC2)ccc1=O. The number of hydrogen-bond acceptors (Lipinski definition) is 7. The molecule has 0 bridgehead atoms. The maximum absolute atomic E-state index is 13.2. The number of rotatable bonds is 7. The second-order valence-corrected chi connectivity index (χ2v) is 10.1. The van der Waals surface area contributed by atoms with Crippen LogP contribution < -0.4 is 15.8 Å². The lowest BCUT2D eigenvalue weighted by molar-refractivity contribution is 0.0730. The van der Waals surface area contributed by atoms with Gasteiger partial charge in [-0.25, -0.2) is 13.1 Å². The van der Waals surface area contributed by atoms with Crippen LogP contribution in [0.4, 0.5) is 11.4 Å². The molecule has 1 aromatic heterocycles. The van der Waals surface area contributed by atoms with E-state index in [2.05, 4.69) is 15.3 Å². The summed E-state index contributed by atoms with van der Waals surface area (Å²) < 4.78 is 34.3. The highest BCUT2D eigenvalue weighted by Gasteiger charge is 2.28. The third kappa shape index (κ3) is 5.10. The maximum atomic E-state index is 13.2. The zero-order chi connectivity index (χ0) is 23.4. The fourth-order valence-electron chi connectivity index (χ4n) is 4.07. The van der Waals surface area contributed by atoms with Crippen LogP contribution in [0, 0.1) is 0 Å². The Labute approximate surface area is 193 Å². The number of aromatic nitrogens is 2. The molecule has 0 unspecified atom stereocenters. The van der Waals surface area contributed by atoms with Gasteiger partial charge in [-0.3, -0.25) is 9.59 Å². The van der Waals surface area contributed by atoms with Crippen molar-refractivity contribution in [1.82, 2.24) is 14.1 Å². The molecule has 2 saturated heterocycles. The molecule has 0 atom stereocenters. The van der Waals surface area contributed by atoms with Crippen molar-refractivity contribution in [2.45, 2.75) is 37.6 Å². The van der Waals surface area contributed by atoms with Crippen molar-refractivity contribution in [2.75, 3.05) is 49.6 Å². The van der Waals surface area contributed by atoms with Crippen molar-refractivity contribution >= 4 is 27.3 Å². The molecule has 33 heavy (non-hydrogen) atoms. The van der Waals surface area contributed by atoms with Gasteiger partial charge in [-0.05, 0) is 43.5 Å². The van der Waals surface area contributed by atoms with E-state index >= 15 is 0 Å². The van der Waals surface area contributed by atoms with E-state index in [0.717, 1.165) is 31.6 Å². The van der Waals surface area contributed by atoms with Gasteiger partial charge in [0, 0.05) is 38.8 Å². The highest BCUT2D eigenvalue weighted by Crippen LogP contribution is 2.32. The normalized spacial score (nSPS) is 17.3. The summed E-state index contributed by atoms with van der Waals surface area (Å²) in [6, 6.07) is 7.55. The molecule has 1 amide bonds. The van der Waals surface area contributed by atoms with Crippen molar-refractivity contribution < 1.29 is 17.9 Å². The number of amides is 1. The molecule has 2 aliphatic rings. The van der Waals surface area contributed by atoms with Crippen molar-refractivity contribution in [3.05, 3.63) is 46.4 Å². The lowest BCUT2D eigenvalue weighted by atomic mass is 10.2. The predicted octanol–water partition coefficient (Wildman–Crippen LogP) is 1.53. The summed E-state index contributed by atoms with van der Waals surface area (Å²) in [5.74, 6) is -0.499. The van der Waals surface area contributed by atoms with Gasteiger partial charge < -0.3 is 15.0 Å². The molecule has 178 valence electrons. The molecule has 0 aliphatic carbocycles. The van der Waals surface area contributed by atoms with Crippen molar-refractivity contribution in [3.8, 4) is 0 Å². The number of anilines is 2. The van der Waals surface area contributed by atoms with Gasteiger partial charge >= 0.3 is 0 Å². The van der Waals surface area contributed by atoms with E-state index in [9.17, 15) is 18.0 Å². The van der Waals surface area contributed by atoms with Gasteiger partial charge in [0.05, 0.1) is 29.5 Å². The topological polar surface area (TPSA) is 114 Å². The number of benzene rings is 1. The predicted molar refractivity (Wildman–Crippen MR) is 124 cm³/mol. The maximum Gasteiger partial charge on any atom is 0.276 e. The molecule has 2 fully saturated rings. The Balaban J connectivity index is 1.67. The molecular weight excluding hydrogens is 446 g/mol. The number of nitrogens with one attached hydrogen (secondary N) is 1. The summed E-state index contributed by atoms with van der Waals surface area (Å²) in [4.78, 5) is 27.2. The quantitative estimate of drug-likeness (QED) is 0.646. The van der Waals surface area contributed by atoms with Crippen LogP contribution in [0.2, 0.25) is 0 Å². The lowest BCUT2D eigenvalue weighted by Crippen LogP contribution is -2.40. The lowest BCUT2D eigenvalue weighted by Gasteiger charge is -2.27. The molecule has 2 aromatic rings. The van der Waals surface area contributed by atoms with Gasteiger partial charge in [-0.15, -0.1) is 0 Å². The number of ether oxygens (including phenoxy) is 1. The van der Waals surface area contributed by atoms with E-state index in [4.69, 9.17) is 4.74 Å². The third-order valence-corrected chi connectivity index (χ3v) is 7.70. The van der Waals surface area contributed by atoms with E-state index in [-0.39, 0.29) is 16.1 Å². The molecule has 0 radical (unpaired) electrons. The van der Waals surface area contributed by atoms with Crippen molar-refractivity contribution in [3.63, 3.8) is 0 Å². The zero-order valence-electron chi connectivity index (χ0n) is 18.7. The number of nitrogens with zero attached hydrogens (tertiary/aromatic N) is 4. The largest absolute Gasteiger partial charge is 0.379 e. The molecule has 11 heteroatoms. The number of carbonyl (C=O) groups excluding carboxylic acids is 1. The van der Waals surface area contributed by atoms with Crippen LogP contribution >= 0.6 is 0 Å². The highest BCUT2D eigenvalue weighted by atomic mass is 32.2. The molecule has 4 rings (SSSR count). The van der Waals surface area contributed by atoms with Crippen LogP contribution in [-0.2, 0) is 21.3 Å². The number of carbonyl (C=O) groups is 1. The van der Waals surface area contributed by atoms with Crippen LogP contribution in [0.3, 0.4) is 0 Å². The second kappa shape index (κ2) is 10.0. The van der Waals surface area contributed by atoms with Gasteiger partial charge in [-0.2, -0.15) is 9.40 Å². The Morgan fingerprint density at radius 2 is 1.82 bits per heavy atom. The average molecular weight is 476 g/mol. The van der Waals surface area contributed by atoms with E-state index in [1.54, 1.807) is 12.1 Å². The van der Waals surface area contributed by atoms with Crippen molar-refractivity contribution in [1.29, 1.82) is 0 Å². The first-order valence-electron chi connectivity index (χ1n) is 11.3. The van der Waals surface area contributed by atoms with E-state index in [0.29, 0.717) is 45.0 Å². The Kier molecular flexibility index (Phi) is 7.11. The van der Waals surface area contributed by atoms with Gasteiger partial charge in [-0.1, -0.05) is 6.92 Å². The molecule has 1 N–H and O–H groups in total.